The molecule has 1 rings (SSSR count). The van der Waals surface area contributed by atoms with Crippen LogP contribution < -0.4 is 10.6 Å². The lowest BCUT2D eigenvalue weighted by atomic mass is 10.1. The fourth-order valence-electron chi connectivity index (χ4n) is 2.09. The highest BCUT2D eigenvalue weighted by atomic mass is 19.1. The molecule has 1 atom stereocenters. The second-order valence-corrected chi connectivity index (χ2v) is 6.36. The van der Waals surface area contributed by atoms with Gasteiger partial charge in [-0.15, -0.1) is 0 Å². The summed E-state index contributed by atoms with van der Waals surface area (Å²) >= 11 is 0. The van der Waals surface area contributed by atoms with Crippen molar-refractivity contribution in [2.24, 2.45) is 0 Å². The Morgan fingerprint density at radius 3 is 2.55 bits per heavy atom. The molecule has 4 nitrogen and oxygen atoms in total. The molecule has 22 heavy (non-hydrogen) atoms. The highest BCUT2D eigenvalue weighted by molar-refractivity contribution is 5.85. The third-order valence-corrected chi connectivity index (χ3v) is 3.10. The molecule has 5 heteroatoms. The molecular weight excluding hydrogens is 283 g/mol. The van der Waals surface area contributed by atoms with Crippen LogP contribution in [-0.4, -0.2) is 17.7 Å². The van der Waals surface area contributed by atoms with E-state index in [9.17, 15) is 9.18 Å². The van der Waals surface area contributed by atoms with Crippen LogP contribution in [0.25, 0.3) is 0 Å². The van der Waals surface area contributed by atoms with Gasteiger partial charge in [0.15, 0.2) is 0 Å². The van der Waals surface area contributed by atoms with E-state index in [2.05, 4.69) is 24.5 Å². The summed E-state index contributed by atoms with van der Waals surface area (Å²) in [5, 5.41) is 5.81. The van der Waals surface area contributed by atoms with Gasteiger partial charge in [0, 0.05) is 11.7 Å². The number of rotatable bonds is 6. The van der Waals surface area contributed by atoms with Crippen LogP contribution in [0.2, 0.25) is 0 Å². The molecule has 0 bridgehead atoms. The molecule has 0 saturated carbocycles. The Labute approximate surface area is 132 Å². The zero-order valence-corrected chi connectivity index (χ0v) is 14.1. The largest absolute Gasteiger partial charge is 0.444 e. The molecule has 1 aromatic rings. The van der Waals surface area contributed by atoms with Gasteiger partial charge in [-0.3, -0.25) is 5.32 Å². The predicted molar refractivity (Wildman–Crippen MR) is 88.9 cm³/mol. The van der Waals surface area contributed by atoms with Gasteiger partial charge in [-0.2, -0.15) is 0 Å². The van der Waals surface area contributed by atoms with Crippen molar-refractivity contribution in [1.29, 1.82) is 0 Å². The lowest BCUT2D eigenvalue weighted by molar-refractivity contribution is 0.0635. The van der Waals surface area contributed by atoms with E-state index in [4.69, 9.17) is 4.74 Å². The number of anilines is 2. The molecule has 1 aromatic carbocycles. The maximum Gasteiger partial charge on any atom is 0.412 e. The molecule has 0 saturated heterocycles. The second kappa shape index (κ2) is 8.01. The van der Waals surface area contributed by atoms with Crippen molar-refractivity contribution in [1.82, 2.24) is 0 Å². The van der Waals surface area contributed by atoms with E-state index in [1.165, 1.54) is 6.07 Å². The van der Waals surface area contributed by atoms with E-state index in [0.29, 0.717) is 6.04 Å². The van der Waals surface area contributed by atoms with Crippen LogP contribution in [-0.2, 0) is 4.74 Å². The molecule has 0 spiro atoms. The van der Waals surface area contributed by atoms with Gasteiger partial charge < -0.3 is 10.1 Å². The number of ether oxygens (including phenoxy) is 1. The number of carbonyl (C=O) groups is 1. The van der Waals surface area contributed by atoms with Gasteiger partial charge in [-0.05, 0) is 51.8 Å². The molecule has 0 aliphatic heterocycles. The minimum atomic E-state index is -0.663. The highest BCUT2D eigenvalue weighted by Crippen LogP contribution is 2.22. The van der Waals surface area contributed by atoms with Crippen molar-refractivity contribution in [3.05, 3.63) is 24.0 Å². The molecule has 0 fully saturated rings. The van der Waals surface area contributed by atoms with Crippen LogP contribution in [0.1, 0.15) is 53.9 Å². The molecule has 1 amide bonds. The zero-order valence-electron chi connectivity index (χ0n) is 14.1. The molecule has 1 unspecified atom stereocenters. The van der Waals surface area contributed by atoms with Crippen molar-refractivity contribution in [2.45, 2.75) is 65.5 Å². The summed E-state index contributed by atoms with van der Waals surface area (Å²) in [7, 11) is 0. The summed E-state index contributed by atoms with van der Waals surface area (Å²) in [6.07, 6.45) is 2.45. The summed E-state index contributed by atoms with van der Waals surface area (Å²) in [6, 6.07) is 4.95. The minimum Gasteiger partial charge on any atom is -0.444 e. The summed E-state index contributed by atoms with van der Waals surface area (Å²) < 4.78 is 19.0. The Morgan fingerprint density at radius 1 is 1.32 bits per heavy atom. The second-order valence-electron chi connectivity index (χ2n) is 6.36. The number of hydrogen-bond acceptors (Lipinski definition) is 3. The highest BCUT2D eigenvalue weighted by Gasteiger charge is 2.17. The van der Waals surface area contributed by atoms with Crippen molar-refractivity contribution >= 4 is 17.5 Å². The number of halogens is 1. The van der Waals surface area contributed by atoms with Crippen LogP contribution in [0.3, 0.4) is 0 Å². The van der Waals surface area contributed by atoms with E-state index in [1.807, 2.05) is 0 Å². The molecule has 0 radical (unpaired) electrons. The van der Waals surface area contributed by atoms with Crippen LogP contribution in [0.5, 0.6) is 0 Å². The first-order chi connectivity index (χ1) is 10.2. The molecule has 0 aromatic heterocycles. The van der Waals surface area contributed by atoms with Gasteiger partial charge >= 0.3 is 6.09 Å². The quantitative estimate of drug-likeness (QED) is 0.762. The Morgan fingerprint density at radius 2 is 2.00 bits per heavy atom. The Hall–Kier alpha value is -1.78. The fourth-order valence-corrected chi connectivity index (χ4v) is 2.09. The average Bonchev–Trinajstić information content (AvgIpc) is 2.39. The average molecular weight is 310 g/mol. The topological polar surface area (TPSA) is 50.4 Å². The van der Waals surface area contributed by atoms with Crippen molar-refractivity contribution < 1.29 is 13.9 Å². The Kier molecular flexibility index (Phi) is 6.65. The van der Waals surface area contributed by atoms with E-state index in [1.54, 1.807) is 32.9 Å². The van der Waals surface area contributed by atoms with Gasteiger partial charge in [0.2, 0.25) is 0 Å². The first-order valence-corrected chi connectivity index (χ1v) is 7.81. The lowest BCUT2D eigenvalue weighted by Gasteiger charge is -2.21. The Bertz CT molecular complexity index is 498. The van der Waals surface area contributed by atoms with E-state index >= 15 is 0 Å². The summed E-state index contributed by atoms with van der Waals surface area (Å²) in [4.78, 5) is 11.8. The predicted octanol–water partition coefficient (Wildman–Crippen LogP) is 5.16. The van der Waals surface area contributed by atoms with Gasteiger partial charge in [-0.25, -0.2) is 9.18 Å². The lowest BCUT2D eigenvalue weighted by Crippen LogP contribution is -2.27. The third kappa shape index (κ3) is 6.33. The van der Waals surface area contributed by atoms with Crippen molar-refractivity contribution in [3.8, 4) is 0 Å². The summed E-state index contributed by atoms with van der Waals surface area (Å²) in [6.45, 7) is 9.52. The number of hydrogen-bond donors (Lipinski definition) is 2. The van der Waals surface area contributed by atoms with Crippen LogP contribution >= 0.6 is 0 Å². The first-order valence-electron chi connectivity index (χ1n) is 7.81. The maximum atomic E-state index is 13.8. The standard InChI is InChI=1S/C17H27FN2O2/c1-6-8-12(7-2)19-13-9-10-14(18)15(11-13)20-16(21)22-17(3,4)5/h9-12,19H,6-8H2,1-5H3,(H,20,21). The number of benzene rings is 1. The van der Waals surface area contributed by atoms with Gasteiger partial charge in [-0.1, -0.05) is 20.3 Å². The third-order valence-electron chi connectivity index (χ3n) is 3.10. The molecule has 0 aliphatic carbocycles. The van der Waals surface area contributed by atoms with Crippen LogP contribution in [0.4, 0.5) is 20.6 Å². The molecule has 0 aliphatic rings. The monoisotopic (exact) mass is 310 g/mol. The van der Waals surface area contributed by atoms with E-state index in [-0.39, 0.29) is 5.69 Å². The molecule has 2 N–H and O–H groups in total. The van der Waals surface area contributed by atoms with Gasteiger partial charge in [0.25, 0.3) is 0 Å². The zero-order chi connectivity index (χ0) is 16.8. The summed E-state index contributed by atoms with van der Waals surface area (Å²) in [5.41, 5.74) is 0.281. The fraction of sp³-hybridized carbons (Fsp3) is 0.588. The van der Waals surface area contributed by atoms with Crippen LogP contribution in [0.15, 0.2) is 18.2 Å². The normalized spacial score (nSPS) is 12.6. The van der Waals surface area contributed by atoms with Crippen molar-refractivity contribution in [2.75, 3.05) is 10.6 Å². The van der Waals surface area contributed by atoms with E-state index < -0.39 is 17.5 Å². The van der Waals surface area contributed by atoms with Crippen molar-refractivity contribution in [3.63, 3.8) is 0 Å². The van der Waals surface area contributed by atoms with Gasteiger partial charge in [0.05, 0.1) is 5.69 Å². The number of carbonyl (C=O) groups excluding carboxylic acids is 1. The maximum absolute atomic E-state index is 13.8. The molecule has 0 heterocycles. The van der Waals surface area contributed by atoms with Gasteiger partial charge in [0.1, 0.15) is 11.4 Å². The van der Waals surface area contributed by atoms with E-state index in [0.717, 1.165) is 24.9 Å². The SMILES string of the molecule is CCCC(CC)Nc1ccc(F)c(NC(=O)OC(C)(C)C)c1. The molecular formula is C17H27FN2O2. The first kappa shape index (κ1) is 18.3. The summed E-state index contributed by atoms with van der Waals surface area (Å²) in [5.74, 6) is -0.486. The number of amides is 1. The Balaban J connectivity index is 2.79. The number of nitrogens with one attached hydrogen (secondary N) is 2. The molecule has 124 valence electrons. The minimum absolute atomic E-state index is 0.116. The smallest absolute Gasteiger partial charge is 0.412 e. The van der Waals surface area contributed by atoms with Crippen LogP contribution in [0, 0.1) is 5.82 Å².